The first-order valence-electron chi connectivity index (χ1n) is 11.4. The van der Waals surface area contributed by atoms with Crippen molar-refractivity contribution in [2.45, 2.75) is 50.6 Å². The molecule has 2 fully saturated rings. The van der Waals surface area contributed by atoms with Gasteiger partial charge in [0.05, 0.1) is 12.1 Å². The molecular formula is C24H37N5O3. The highest BCUT2D eigenvalue weighted by atomic mass is 16.2. The summed E-state index contributed by atoms with van der Waals surface area (Å²) < 4.78 is 0. The Morgan fingerprint density at radius 2 is 1.75 bits per heavy atom. The number of carbonyl (C=O) groups is 3. The number of carbonyl (C=O) groups excluding carboxylic acids is 3. The van der Waals surface area contributed by atoms with Crippen molar-refractivity contribution in [3.63, 3.8) is 0 Å². The number of nitrogens with zero attached hydrogens (tertiary/aromatic N) is 3. The zero-order chi connectivity index (χ0) is 23.5. The second-order valence-electron chi connectivity index (χ2n) is 9.90. The third-order valence-corrected chi connectivity index (χ3v) is 7.08. The predicted octanol–water partition coefficient (Wildman–Crippen LogP) is 1.75. The Bertz CT molecular complexity index is 831. The fraction of sp³-hybridized carbons (Fsp3) is 0.625. The minimum Gasteiger partial charge on any atom is -0.368 e. The first-order valence-corrected chi connectivity index (χ1v) is 11.4. The van der Waals surface area contributed by atoms with E-state index < -0.39 is 5.91 Å². The van der Waals surface area contributed by atoms with Crippen LogP contribution >= 0.6 is 0 Å². The van der Waals surface area contributed by atoms with Crippen LogP contribution < -0.4 is 11.1 Å². The largest absolute Gasteiger partial charge is 0.368 e. The van der Waals surface area contributed by atoms with Crippen LogP contribution in [0.4, 0.5) is 4.79 Å². The van der Waals surface area contributed by atoms with Crippen LogP contribution in [0.15, 0.2) is 30.3 Å². The summed E-state index contributed by atoms with van der Waals surface area (Å²) in [6, 6.07) is 10.5. The zero-order valence-corrected chi connectivity index (χ0v) is 19.8. The van der Waals surface area contributed by atoms with Gasteiger partial charge in [-0.3, -0.25) is 14.5 Å². The second kappa shape index (κ2) is 9.48. The van der Waals surface area contributed by atoms with Gasteiger partial charge in [0.2, 0.25) is 11.8 Å². The van der Waals surface area contributed by atoms with E-state index in [9.17, 15) is 14.4 Å². The summed E-state index contributed by atoms with van der Waals surface area (Å²) in [6.45, 7) is 5.14. The van der Waals surface area contributed by atoms with Gasteiger partial charge >= 0.3 is 6.03 Å². The van der Waals surface area contributed by atoms with Crippen molar-refractivity contribution < 1.29 is 14.4 Å². The van der Waals surface area contributed by atoms with E-state index in [0.29, 0.717) is 19.0 Å². The third kappa shape index (κ3) is 4.75. The lowest BCUT2D eigenvalue weighted by molar-refractivity contribution is -0.125. The number of hydrogen-bond donors (Lipinski definition) is 2. The molecule has 1 saturated heterocycles. The van der Waals surface area contributed by atoms with Crippen molar-refractivity contribution in [1.29, 1.82) is 0 Å². The van der Waals surface area contributed by atoms with E-state index >= 15 is 0 Å². The van der Waals surface area contributed by atoms with E-state index in [1.54, 1.807) is 4.90 Å². The van der Waals surface area contributed by atoms with E-state index in [1.165, 1.54) is 5.56 Å². The van der Waals surface area contributed by atoms with Crippen LogP contribution in [0, 0.1) is 5.92 Å². The molecule has 1 heterocycles. The number of nitrogens with one attached hydrogen (secondary N) is 1. The van der Waals surface area contributed by atoms with Crippen LogP contribution in [-0.2, 0) is 15.1 Å². The van der Waals surface area contributed by atoms with Crippen LogP contribution in [-0.4, -0.2) is 78.4 Å². The molecule has 1 aromatic rings. The van der Waals surface area contributed by atoms with Gasteiger partial charge in [-0.05, 0) is 51.3 Å². The molecular weight excluding hydrogens is 406 g/mol. The maximum atomic E-state index is 13.3. The fourth-order valence-corrected chi connectivity index (χ4v) is 5.36. The van der Waals surface area contributed by atoms with Gasteiger partial charge in [0.15, 0.2) is 0 Å². The first-order chi connectivity index (χ1) is 15.1. The van der Waals surface area contributed by atoms with Crippen molar-refractivity contribution in [1.82, 2.24) is 20.0 Å². The molecule has 3 rings (SSSR count). The van der Waals surface area contributed by atoms with Gasteiger partial charge in [-0.1, -0.05) is 44.2 Å². The average Bonchev–Trinajstić information content (AvgIpc) is 2.98. The SMILES string of the molecule is CC(C)CN1C(=O)N(CC(=O)NCC(N)=O)C[C@]12CC[C@](c1ccccc1)(N(C)C)CC2. The highest BCUT2D eigenvalue weighted by molar-refractivity contribution is 5.88. The standard InChI is InChI=1S/C24H37N5O3/c1-18(2)15-29-22(32)28(16-21(31)26-14-20(25)30)17-23(29)10-12-24(13-11-23,27(3)4)19-8-6-5-7-9-19/h5-9,18H,10-17H2,1-4H3,(H2,25,30)(H,26,31)/t23-,24+. The first kappa shape index (κ1) is 24.0. The van der Waals surface area contributed by atoms with Gasteiger partial charge in [-0.15, -0.1) is 0 Å². The summed E-state index contributed by atoms with van der Waals surface area (Å²) in [4.78, 5) is 42.5. The third-order valence-electron chi connectivity index (χ3n) is 7.08. The summed E-state index contributed by atoms with van der Waals surface area (Å²) in [5, 5.41) is 2.49. The molecule has 4 amide bonds. The lowest BCUT2D eigenvalue weighted by Gasteiger charge is -2.51. The van der Waals surface area contributed by atoms with Crippen LogP contribution in [0.1, 0.15) is 45.1 Å². The fourth-order valence-electron chi connectivity index (χ4n) is 5.36. The Labute approximate surface area is 191 Å². The number of hydrogen-bond acceptors (Lipinski definition) is 4. The minimum atomic E-state index is -0.600. The number of primary amides is 1. The molecule has 176 valence electrons. The van der Waals surface area contributed by atoms with Crippen molar-refractivity contribution >= 4 is 17.8 Å². The van der Waals surface area contributed by atoms with Crippen molar-refractivity contribution in [3.05, 3.63) is 35.9 Å². The smallest absolute Gasteiger partial charge is 0.321 e. The van der Waals surface area contributed by atoms with Crippen LogP contribution in [0.5, 0.6) is 0 Å². The van der Waals surface area contributed by atoms with Gasteiger partial charge in [0, 0.05) is 18.6 Å². The van der Waals surface area contributed by atoms with Crippen LogP contribution in [0.2, 0.25) is 0 Å². The highest BCUT2D eigenvalue weighted by Gasteiger charge is 2.54. The van der Waals surface area contributed by atoms with E-state index in [1.807, 2.05) is 11.0 Å². The van der Waals surface area contributed by atoms with E-state index in [0.717, 1.165) is 25.7 Å². The molecule has 2 aliphatic rings. The molecule has 3 N–H and O–H groups in total. The highest BCUT2D eigenvalue weighted by Crippen LogP contribution is 2.49. The number of urea groups is 1. The molecule has 0 atom stereocenters. The second-order valence-corrected chi connectivity index (χ2v) is 9.90. The summed E-state index contributed by atoms with van der Waals surface area (Å²) in [7, 11) is 4.26. The molecule has 1 aromatic carbocycles. The van der Waals surface area contributed by atoms with Gasteiger partial charge in [0.1, 0.15) is 6.54 Å². The molecule has 0 bridgehead atoms. The Morgan fingerprint density at radius 3 is 2.28 bits per heavy atom. The molecule has 1 saturated carbocycles. The molecule has 1 aliphatic heterocycles. The molecule has 8 nitrogen and oxygen atoms in total. The Balaban J connectivity index is 1.81. The maximum Gasteiger partial charge on any atom is 0.321 e. The molecule has 1 aliphatic carbocycles. The molecule has 0 aromatic heterocycles. The maximum absolute atomic E-state index is 13.3. The van der Waals surface area contributed by atoms with E-state index in [4.69, 9.17) is 5.73 Å². The average molecular weight is 444 g/mol. The topological polar surface area (TPSA) is 99.0 Å². The summed E-state index contributed by atoms with van der Waals surface area (Å²) in [5.74, 6) is -0.632. The van der Waals surface area contributed by atoms with E-state index in [2.05, 4.69) is 62.4 Å². The van der Waals surface area contributed by atoms with Crippen molar-refractivity contribution in [2.24, 2.45) is 11.7 Å². The predicted molar refractivity (Wildman–Crippen MR) is 124 cm³/mol. The van der Waals surface area contributed by atoms with Gasteiger partial charge in [0.25, 0.3) is 0 Å². The molecule has 1 spiro atoms. The minimum absolute atomic E-state index is 0.0556. The summed E-state index contributed by atoms with van der Waals surface area (Å²) in [5.41, 5.74) is 6.08. The van der Waals surface area contributed by atoms with Crippen molar-refractivity contribution in [3.8, 4) is 0 Å². The number of benzene rings is 1. The molecule has 8 heteroatoms. The van der Waals surface area contributed by atoms with Gasteiger partial charge in [-0.2, -0.15) is 0 Å². The lowest BCUT2D eigenvalue weighted by Crippen LogP contribution is -2.56. The lowest BCUT2D eigenvalue weighted by atomic mass is 9.68. The molecule has 0 radical (unpaired) electrons. The van der Waals surface area contributed by atoms with E-state index in [-0.39, 0.29) is 36.1 Å². The monoisotopic (exact) mass is 443 g/mol. The summed E-state index contributed by atoms with van der Waals surface area (Å²) in [6.07, 6.45) is 3.62. The van der Waals surface area contributed by atoms with Gasteiger partial charge < -0.3 is 20.9 Å². The summed E-state index contributed by atoms with van der Waals surface area (Å²) >= 11 is 0. The normalized spacial score (nSPS) is 25.8. The number of rotatable bonds is 8. The number of nitrogens with two attached hydrogens (primary N) is 1. The zero-order valence-electron chi connectivity index (χ0n) is 19.8. The Morgan fingerprint density at radius 1 is 1.12 bits per heavy atom. The van der Waals surface area contributed by atoms with Crippen LogP contribution in [0.3, 0.4) is 0 Å². The Kier molecular flexibility index (Phi) is 7.12. The van der Waals surface area contributed by atoms with Crippen molar-refractivity contribution in [2.75, 3.05) is 40.3 Å². The number of amides is 4. The Hall–Kier alpha value is -2.61. The van der Waals surface area contributed by atoms with Crippen LogP contribution in [0.25, 0.3) is 0 Å². The van der Waals surface area contributed by atoms with Gasteiger partial charge in [-0.25, -0.2) is 4.79 Å². The molecule has 32 heavy (non-hydrogen) atoms. The molecule has 0 unspecified atom stereocenters. The quantitative estimate of drug-likeness (QED) is 0.639.